The van der Waals surface area contributed by atoms with Gasteiger partial charge in [0.1, 0.15) is 11.6 Å². The molecule has 1 aliphatic rings. The number of piperidine rings is 1. The molecule has 0 saturated carbocycles. The van der Waals surface area contributed by atoms with E-state index in [0.29, 0.717) is 18.3 Å². The van der Waals surface area contributed by atoms with E-state index in [4.69, 9.17) is 15.5 Å². The SMILES string of the molecule is CCNC(=NCc1cccc(OCC(N)=O)c1)NC1CCN(Cc2ccc(F)cc2)CC1. The van der Waals surface area contributed by atoms with Gasteiger partial charge in [0.15, 0.2) is 12.6 Å². The van der Waals surface area contributed by atoms with Crippen LogP contribution in [0.4, 0.5) is 4.39 Å². The highest BCUT2D eigenvalue weighted by Crippen LogP contribution is 2.16. The molecule has 8 heteroatoms. The van der Waals surface area contributed by atoms with Crippen LogP contribution in [0, 0.1) is 5.82 Å². The minimum atomic E-state index is -0.504. The molecule has 1 heterocycles. The van der Waals surface area contributed by atoms with Crippen molar-refractivity contribution >= 4 is 11.9 Å². The number of amides is 1. The van der Waals surface area contributed by atoms with Crippen LogP contribution in [0.2, 0.25) is 0 Å². The Morgan fingerprint density at radius 1 is 1.19 bits per heavy atom. The third-order valence-electron chi connectivity index (χ3n) is 5.29. The van der Waals surface area contributed by atoms with Gasteiger partial charge in [-0.05, 0) is 55.2 Å². The first kappa shape index (κ1) is 23.5. The van der Waals surface area contributed by atoms with Crippen molar-refractivity contribution in [1.82, 2.24) is 15.5 Å². The lowest BCUT2D eigenvalue weighted by molar-refractivity contribution is -0.119. The van der Waals surface area contributed by atoms with Crippen molar-refractivity contribution in [2.24, 2.45) is 10.7 Å². The lowest BCUT2D eigenvalue weighted by atomic mass is 10.0. The monoisotopic (exact) mass is 441 g/mol. The fourth-order valence-corrected chi connectivity index (χ4v) is 3.66. The lowest BCUT2D eigenvalue weighted by Crippen LogP contribution is -2.48. The normalized spacial score (nSPS) is 15.4. The Hall–Kier alpha value is -3.13. The third-order valence-corrected chi connectivity index (χ3v) is 5.29. The maximum absolute atomic E-state index is 13.1. The second kappa shape index (κ2) is 12.0. The molecule has 172 valence electrons. The molecule has 1 saturated heterocycles. The summed E-state index contributed by atoms with van der Waals surface area (Å²) < 4.78 is 18.5. The predicted molar refractivity (Wildman–Crippen MR) is 124 cm³/mol. The molecule has 3 rings (SSSR count). The summed E-state index contributed by atoms with van der Waals surface area (Å²) in [7, 11) is 0. The smallest absolute Gasteiger partial charge is 0.255 e. The first-order valence-corrected chi connectivity index (χ1v) is 11.0. The van der Waals surface area contributed by atoms with Gasteiger partial charge in [-0.3, -0.25) is 9.69 Å². The van der Waals surface area contributed by atoms with Gasteiger partial charge in [0.2, 0.25) is 0 Å². The molecule has 0 aromatic heterocycles. The number of nitrogens with two attached hydrogens (primary N) is 1. The molecule has 0 atom stereocenters. The summed E-state index contributed by atoms with van der Waals surface area (Å²) in [5.41, 5.74) is 7.25. The number of hydrogen-bond acceptors (Lipinski definition) is 4. The Labute approximate surface area is 188 Å². The lowest BCUT2D eigenvalue weighted by Gasteiger charge is -2.33. The highest BCUT2D eigenvalue weighted by atomic mass is 19.1. The van der Waals surface area contributed by atoms with Crippen LogP contribution in [0.3, 0.4) is 0 Å². The highest BCUT2D eigenvalue weighted by molar-refractivity contribution is 5.80. The molecular weight excluding hydrogens is 409 g/mol. The number of carbonyl (C=O) groups excluding carboxylic acids is 1. The van der Waals surface area contributed by atoms with E-state index in [0.717, 1.165) is 56.1 Å². The van der Waals surface area contributed by atoms with E-state index < -0.39 is 5.91 Å². The first-order chi connectivity index (χ1) is 15.5. The molecule has 0 radical (unpaired) electrons. The molecule has 0 aliphatic carbocycles. The Morgan fingerprint density at radius 2 is 1.94 bits per heavy atom. The standard InChI is InChI=1S/C24H32FN5O2/c1-2-27-24(28-15-19-4-3-5-22(14-19)32-17-23(26)31)29-21-10-12-30(13-11-21)16-18-6-8-20(25)9-7-18/h3-9,14,21H,2,10-13,15-17H2,1H3,(H2,26,31)(H2,27,28,29). The molecule has 0 bridgehead atoms. The van der Waals surface area contributed by atoms with Crippen LogP contribution in [0.5, 0.6) is 5.75 Å². The number of guanidine groups is 1. The molecule has 2 aromatic rings. The van der Waals surface area contributed by atoms with E-state index in [1.807, 2.05) is 37.3 Å². The van der Waals surface area contributed by atoms with Crippen LogP contribution in [0.15, 0.2) is 53.5 Å². The molecule has 1 fully saturated rings. The molecule has 0 unspecified atom stereocenters. The summed E-state index contributed by atoms with van der Waals surface area (Å²) >= 11 is 0. The van der Waals surface area contributed by atoms with Crippen LogP contribution in [-0.4, -0.2) is 49.0 Å². The van der Waals surface area contributed by atoms with Crippen molar-refractivity contribution in [3.05, 3.63) is 65.5 Å². The molecule has 32 heavy (non-hydrogen) atoms. The van der Waals surface area contributed by atoms with Crippen LogP contribution < -0.4 is 21.1 Å². The number of benzene rings is 2. The van der Waals surface area contributed by atoms with Crippen molar-refractivity contribution in [3.63, 3.8) is 0 Å². The average Bonchev–Trinajstić information content (AvgIpc) is 2.79. The van der Waals surface area contributed by atoms with E-state index in [9.17, 15) is 9.18 Å². The Morgan fingerprint density at radius 3 is 2.62 bits per heavy atom. The summed E-state index contributed by atoms with van der Waals surface area (Å²) in [6, 6.07) is 14.6. The number of carbonyl (C=O) groups is 1. The van der Waals surface area contributed by atoms with Crippen molar-refractivity contribution in [2.45, 2.75) is 38.9 Å². The molecule has 4 N–H and O–H groups in total. The topological polar surface area (TPSA) is 92.0 Å². The molecule has 1 aliphatic heterocycles. The molecule has 7 nitrogen and oxygen atoms in total. The maximum Gasteiger partial charge on any atom is 0.255 e. The van der Waals surface area contributed by atoms with Crippen molar-refractivity contribution in [2.75, 3.05) is 26.2 Å². The van der Waals surface area contributed by atoms with Gasteiger partial charge in [-0.2, -0.15) is 0 Å². The number of aliphatic imine (C=N–C) groups is 1. The Balaban J connectivity index is 1.49. The summed E-state index contributed by atoms with van der Waals surface area (Å²) in [4.78, 5) is 18.0. The first-order valence-electron chi connectivity index (χ1n) is 11.0. The minimum absolute atomic E-state index is 0.142. The quantitative estimate of drug-likeness (QED) is 0.411. The largest absolute Gasteiger partial charge is 0.484 e. The van der Waals surface area contributed by atoms with Crippen molar-refractivity contribution < 1.29 is 13.9 Å². The minimum Gasteiger partial charge on any atom is -0.484 e. The van der Waals surface area contributed by atoms with E-state index in [1.54, 1.807) is 6.07 Å². The zero-order valence-corrected chi connectivity index (χ0v) is 18.5. The van der Waals surface area contributed by atoms with Crippen LogP contribution in [0.25, 0.3) is 0 Å². The van der Waals surface area contributed by atoms with E-state index in [2.05, 4.69) is 15.5 Å². The summed E-state index contributed by atoms with van der Waals surface area (Å²) in [5.74, 6) is 0.684. The zero-order chi connectivity index (χ0) is 22.8. The van der Waals surface area contributed by atoms with Gasteiger partial charge in [-0.25, -0.2) is 9.38 Å². The van der Waals surface area contributed by atoms with Crippen molar-refractivity contribution in [1.29, 1.82) is 0 Å². The second-order valence-electron chi connectivity index (χ2n) is 7.92. The van der Waals surface area contributed by atoms with Crippen LogP contribution >= 0.6 is 0 Å². The molecule has 0 spiro atoms. The van der Waals surface area contributed by atoms with Gasteiger partial charge in [0, 0.05) is 32.2 Å². The maximum atomic E-state index is 13.1. The van der Waals surface area contributed by atoms with Gasteiger partial charge >= 0.3 is 0 Å². The number of ether oxygens (including phenoxy) is 1. The van der Waals surface area contributed by atoms with Gasteiger partial charge < -0.3 is 21.1 Å². The van der Waals surface area contributed by atoms with Crippen LogP contribution in [0.1, 0.15) is 30.9 Å². The molecule has 1 amide bonds. The van der Waals surface area contributed by atoms with Gasteiger partial charge in [0.05, 0.1) is 6.54 Å². The highest BCUT2D eigenvalue weighted by Gasteiger charge is 2.20. The van der Waals surface area contributed by atoms with Gasteiger partial charge in [-0.15, -0.1) is 0 Å². The summed E-state index contributed by atoms with van der Waals surface area (Å²) in [6.07, 6.45) is 2.03. The van der Waals surface area contributed by atoms with Crippen LogP contribution in [-0.2, 0) is 17.9 Å². The number of likely N-dealkylation sites (tertiary alicyclic amines) is 1. The number of rotatable bonds is 9. The van der Waals surface area contributed by atoms with Crippen molar-refractivity contribution in [3.8, 4) is 5.75 Å². The Bertz CT molecular complexity index is 896. The zero-order valence-electron chi connectivity index (χ0n) is 18.5. The number of halogens is 1. The van der Waals surface area contributed by atoms with E-state index in [1.165, 1.54) is 12.1 Å². The average molecular weight is 442 g/mol. The molecule has 2 aromatic carbocycles. The molecular formula is C24H32FN5O2. The number of primary amides is 1. The third kappa shape index (κ3) is 7.85. The van der Waals surface area contributed by atoms with Gasteiger partial charge in [0.25, 0.3) is 5.91 Å². The summed E-state index contributed by atoms with van der Waals surface area (Å²) in [6.45, 7) is 5.97. The fraction of sp³-hybridized carbons (Fsp3) is 0.417. The fourth-order valence-electron chi connectivity index (χ4n) is 3.66. The number of hydrogen-bond donors (Lipinski definition) is 3. The number of nitrogens with zero attached hydrogens (tertiary/aromatic N) is 2. The predicted octanol–water partition coefficient (Wildman–Crippen LogP) is 2.41. The van der Waals surface area contributed by atoms with E-state index >= 15 is 0 Å². The Kier molecular flexibility index (Phi) is 8.86. The van der Waals surface area contributed by atoms with Gasteiger partial charge in [-0.1, -0.05) is 24.3 Å². The van der Waals surface area contributed by atoms with E-state index in [-0.39, 0.29) is 12.4 Å². The number of nitrogens with one attached hydrogen (secondary N) is 2. The summed E-state index contributed by atoms with van der Waals surface area (Å²) in [5, 5.41) is 6.85. The second-order valence-corrected chi connectivity index (χ2v) is 7.92.